The lowest BCUT2D eigenvalue weighted by atomic mass is 9.99. The topological polar surface area (TPSA) is 95.8 Å². The fraction of sp³-hybridized carbons (Fsp3) is 0.706. The van der Waals surface area contributed by atoms with E-state index in [2.05, 4.69) is 31.3 Å². The molecule has 0 unspecified atom stereocenters. The number of H-pyrrole nitrogens is 1. The van der Waals surface area contributed by atoms with Gasteiger partial charge in [-0.25, -0.2) is 4.98 Å². The number of nitrogens with one attached hydrogen (secondary N) is 1. The molecule has 0 saturated carbocycles. The van der Waals surface area contributed by atoms with Gasteiger partial charge in [0, 0.05) is 45.9 Å². The molecule has 2 atom stereocenters. The minimum absolute atomic E-state index is 0.0674. The van der Waals surface area contributed by atoms with Crippen molar-refractivity contribution in [1.82, 2.24) is 20.1 Å². The summed E-state index contributed by atoms with van der Waals surface area (Å²) in [5, 5.41) is 15.3. The van der Waals surface area contributed by atoms with Gasteiger partial charge >= 0.3 is 0 Å². The monoisotopic (exact) mass is 344 g/mol. The normalized spacial score (nSPS) is 23.4. The first-order chi connectivity index (χ1) is 12.0. The van der Waals surface area contributed by atoms with Crippen LogP contribution in [0.2, 0.25) is 0 Å². The third-order valence-corrected chi connectivity index (χ3v) is 4.83. The van der Waals surface area contributed by atoms with Gasteiger partial charge in [-0.05, 0) is 13.3 Å². The van der Waals surface area contributed by atoms with Gasteiger partial charge in [0.15, 0.2) is 11.5 Å². The fourth-order valence-corrected chi connectivity index (χ4v) is 3.19. The summed E-state index contributed by atoms with van der Waals surface area (Å²) < 4.78 is 5.81. The number of hydrogen-bond acceptors (Lipinski definition) is 6. The standard InChI is InChI=1S/C17H24N6O2/c1-4-5-8-17(21-22-17)9-6-15(24)23(3)11-14-13(7-10-25-14)16-18-12(2)19-20-16/h1,13-14H,5-11H2,2-3H3,(H,18,19,20)/t13-,14-/m0/s1. The van der Waals surface area contributed by atoms with Gasteiger partial charge in [-0.15, -0.1) is 12.3 Å². The quantitative estimate of drug-likeness (QED) is 0.727. The van der Waals surface area contributed by atoms with Crippen molar-refractivity contribution >= 4 is 5.91 Å². The van der Waals surface area contributed by atoms with Crippen LogP contribution in [0, 0.1) is 19.3 Å². The van der Waals surface area contributed by atoms with Crippen molar-refractivity contribution in [3.05, 3.63) is 11.6 Å². The molecule has 3 heterocycles. The number of amides is 1. The molecule has 1 N–H and O–H groups in total. The Morgan fingerprint density at radius 2 is 2.28 bits per heavy atom. The number of likely N-dealkylation sites (N-methyl/N-ethyl adjacent to an activating group) is 1. The molecule has 1 aromatic heterocycles. The zero-order chi connectivity index (χ0) is 17.9. The minimum atomic E-state index is -0.411. The second-order valence-electron chi connectivity index (χ2n) is 6.74. The molecule has 134 valence electrons. The molecule has 1 amide bonds. The van der Waals surface area contributed by atoms with Crippen molar-refractivity contribution in [2.45, 2.75) is 56.7 Å². The Kier molecular flexibility index (Phi) is 5.13. The highest BCUT2D eigenvalue weighted by molar-refractivity contribution is 5.76. The van der Waals surface area contributed by atoms with E-state index in [0.29, 0.717) is 32.4 Å². The predicted octanol–water partition coefficient (Wildman–Crippen LogP) is 1.80. The molecule has 8 heteroatoms. The summed E-state index contributed by atoms with van der Waals surface area (Å²) in [5.41, 5.74) is -0.411. The first-order valence-corrected chi connectivity index (χ1v) is 8.65. The number of ether oxygens (including phenoxy) is 1. The first kappa shape index (κ1) is 17.5. The van der Waals surface area contributed by atoms with Crippen LogP contribution in [-0.4, -0.2) is 58.0 Å². The molecule has 1 saturated heterocycles. The number of aryl methyl sites for hydroxylation is 1. The van der Waals surface area contributed by atoms with Crippen LogP contribution >= 0.6 is 0 Å². The van der Waals surface area contributed by atoms with Crippen molar-refractivity contribution < 1.29 is 9.53 Å². The van der Waals surface area contributed by atoms with Gasteiger partial charge in [0.2, 0.25) is 5.91 Å². The van der Waals surface area contributed by atoms with E-state index in [4.69, 9.17) is 11.2 Å². The second kappa shape index (κ2) is 7.31. The molecule has 8 nitrogen and oxygen atoms in total. The van der Waals surface area contributed by atoms with E-state index >= 15 is 0 Å². The molecule has 2 aliphatic heterocycles. The van der Waals surface area contributed by atoms with Crippen molar-refractivity contribution in [2.75, 3.05) is 20.2 Å². The Morgan fingerprint density at radius 3 is 2.92 bits per heavy atom. The molecule has 3 rings (SSSR count). The largest absolute Gasteiger partial charge is 0.376 e. The summed E-state index contributed by atoms with van der Waals surface area (Å²) in [6.07, 6.45) is 8.46. The van der Waals surface area contributed by atoms with Crippen molar-refractivity contribution in [2.24, 2.45) is 10.2 Å². The zero-order valence-electron chi connectivity index (χ0n) is 14.7. The van der Waals surface area contributed by atoms with Crippen LogP contribution in [0.25, 0.3) is 0 Å². The molecular weight excluding hydrogens is 320 g/mol. The van der Waals surface area contributed by atoms with E-state index in [9.17, 15) is 4.79 Å². The first-order valence-electron chi connectivity index (χ1n) is 8.65. The molecule has 0 spiro atoms. The molecule has 0 aromatic carbocycles. The summed E-state index contributed by atoms with van der Waals surface area (Å²) in [4.78, 5) is 18.6. The number of carbonyl (C=O) groups excluding carboxylic acids is 1. The lowest BCUT2D eigenvalue weighted by molar-refractivity contribution is -0.131. The van der Waals surface area contributed by atoms with Crippen LogP contribution in [0.3, 0.4) is 0 Å². The van der Waals surface area contributed by atoms with E-state index < -0.39 is 5.66 Å². The van der Waals surface area contributed by atoms with Crippen molar-refractivity contribution in [3.8, 4) is 12.3 Å². The van der Waals surface area contributed by atoms with Crippen LogP contribution in [0.5, 0.6) is 0 Å². The molecule has 0 bridgehead atoms. The molecular formula is C17H24N6O2. The molecule has 1 fully saturated rings. The number of aromatic nitrogens is 3. The number of rotatable bonds is 8. The Morgan fingerprint density at radius 1 is 1.48 bits per heavy atom. The number of nitrogens with zero attached hydrogens (tertiary/aromatic N) is 5. The maximum Gasteiger partial charge on any atom is 0.222 e. The average Bonchev–Trinajstić information content (AvgIpc) is 2.99. The summed E-state index contributed by atoms with van der Waals surface area (Å²) in [6, 6.07) is 0. The Balaban J connectivity index is 1.48. The summed E-state index contributed by atoms with van der Waals surface area (Å²) in [5.74, 6) is 4.35. The smallest absolute Gasteiger partial charge is 0.222 e. The summed E-state index contributed by atoms with van der Waals surface area (Å²) in [6.45, 7) is 3.07. The van der Waals surface area contributed by atoms with Gasteiger partial charge in [0.05, 0.1) is 12.0 Å². The van der Waals surface area contributed by atoms with E-state index in [-0.39, 0.29) is 17.9 Å². The zero-order valence-corrected chi connectivity index (χ0v) is 14.7. The predicted molar refractivity (Wildman–Crippen MR) is 90.7 cm³/mol. The highest BCUT2D eigenvalue weighted by Crippen LogP contribution is 2.37. The van der Waals surface area contributed by atoms with E-state index in [0.717, 1.165) is 24.5 Å². The fourth-order valence-electron chi connectivity index (χ4n) is 3.19. The maximum atomic E-state index is 12.4. The van der Waals surface area contributed by atoms with Gasteiger partial charge in [-0.1, -0.05) is 0 Å². The van der Waals surface area contributed by atoms with Gasteiger partial charge in [0.1, 0.15) is 5.82 Å². The third kappa shape index (κ3) is 4.23. The van der Waals surface area contributed by atoms with Crippen LogP contribution < -0.4 is 0 Å². The SMILES string of the molecule is C#CCCC1(CCC(=O)N(C)C[C@@H]2OCC[C@@H]2c2n[nH]c(C)n2)N=N1. The Hall–Kier alpha value is -2.27. The lowest BCUT2D eigenvalue weighted by Gasteiger charge is -2.24. The average molecular weight is 344 g/mol. The van der Waals surface area contributed by atoms with E-state index in [1.165, 1.54) is 0 Å². The number of carbonyl (C=O) groups is 1. The van der Waals surface area contributed by atoms with Crippen LogP contribution in [-0.2, 0) is 9.53 Å². The van der Waals surface area contributed by atoms with Gasteiger partial charge in [-0.2, -0.15) is 15.3 Å². The van der Waals surface area contributed by atoms with Crippen molar-refractivity contribution in [3.63, 3.8) is 0 Å². The highest BCUT2D eigenvalue weighted by Gasteiger charge is 2.40. The van der Waals surface area contributed by atoms with Crippen molar-refractivity contribution in [1.29, 1.82) is 0 Å². The summed E-state index contributed by atoms with van der Waals surface area (Å²) in [7, 11) is 1.81. The summed E-state index contributed by atoms with van der Waals surface area (Å²) >= 11 is 0. The highest BCUT2D eigenvalue weighted by atomic mass is 16.5. The van der Waals surface area contributed by atoms with Gasteiger partial charge in [-0.3, -0.25) is 9.89 Å². The number of aromatic amines is 1. The van der Waals surface area contributed by atoms with E-state index in [1.54, 1.807) is 11.9 Å². The van der Waals surface area contributed by atoms with Gasteiger partial charge in [0.25, 0.3) is 0 Å². The lowest BCUT2D eigenvalue weighted by Crippen LogP contribution is -2.36. The maximum absolute atomic E-state index is 12.4. The van der Waals surface area contributed by atoms with E-state index in [1.807, 2.05) is 6.92 Å². The van der Waals surface area contributed by atoms with Crippen LogP contribution in [0.15, 0.2) is 10.2 Å². The number of terminal acetylenes is 1. The second-order valence-corrected chi connectivity index (χ2v) is 6.74. The van der Waals surface area contributed by atoms with Gasteiger partial charge < -0.3 is 9.64 Å². The van der Waals surface area contributed by atoms with Crippen LogP contribution in [0.4, 0.5) is 0 Å². The Bertz CT molecular complexity index is 686. The molecule has 1 aromatic rings. The molecule has 0 aliphatic carbocycles. The Labute approximate surface area is 147 Å². The minimum Gasteiger partial charge on any atom is -0.376 e. The van der Waals surface area contributed by atoms with Crippen LogP contribution in [0.1, 0.15) is 49.7 Å². The molecule has 2 aliphatic rings. The molecule has 25 heavy (non-hydrogen) atoms. The molecule has 0 radical (unpaired) electrons. The number of hydrogen-bond donors (Lipinski definition) is 1. The third-order valence-electron chi connectivity index (χ3n) is 4.83.